The molecule has 2 aromatic carbocycles. The number of carboxylic acids is 1. The van der Waals surface area contributed by atoms with Crippen LogP contribution in [0.15, 0.2) is 36.4 Å². The summed E-state index contributed by atoms with van der Waals surface area (Å²) in [7, 11) is 1.62. The van der Waals surface area contributed by atoms with Crippen LogP contribution in [0.4, 0.5) is 0 Å². The summed E-state index contributed by atoms with van der Waals surface area (Å²) >= 11 is 0. The number of rotatable bonds is 5. The first kappa shape index (κ1) is 13.4. The molecule has 0 unspecified atom stereocenters. The van der Waals surface area contributed by atoms with E-state index in [0.29, 0.717) is 6.54 Å². The predicted octanol–water partition coefficient (Wildman–Crippen LogP) is 2.41. The number of benzene rings is 2. The number of aliphatic carboxylic acids is 1. The van der Waals surface area contributed by atoms with E-state index < -0.39 is 12.0 Å². The highest BCUT2D eigenvalue weighted by Gasteiger charge is 2.13. The van der Waals surface area contributed by atoms with Gasteiger partial charge in [-0.05, 0) is 23.8 Å². The Hall–Kier alpha value is -2.07. The predicted molar refractivity (Wildman–Crippen MR) is 74.4 cm³/mol. The second-order valence-corrected chi connectivity index (χ2v) is 4.41. The van der Waals surface area contributed by atoms with E-state index in [2.05, 4.69) is 5.32 Å². The summed E-state index contributed by atoms with van der Waals surface area (Å²) in [6, 6.07) is 11.3. The Bertz CT molecular complexity index is 595. The Morgan fingerprint density at radius 3 is 2.74 bits per heavy atom. The standard InChI is InChI=1S/C15H17NO3/c1-10(15(17)18)16-9-13-12-6-4-3-5-11(12)7-8-14(13)19-2/h3-8,10,16H,9H2,1-2H3,(H,17,18)/t10-/m1/s1. The molecule has 0 aliphatic heterocycles. The monoisotopic (exact) mass is 259 g/mol. The highest BCUT2D eigenvalue weighted by molar-refractivity contribution is 5.87. The minimum atomic E-state index is -0.862. The molecule has 0 aromatic heterocycles. The maximum atomic E-state index is 10.8. The molecule has 0 spiro atoms. The zero-order chi connectivity index (χ0) is 13.8. The van der Waals surface area contributed by atoms with Crippen molar-refractivity contribution >= 4 is 16.7 Å². The van der Waals surface area contributed by atoms with Gasteiger partial charge in [-0.25, -0.2) is 0 Å². The smallest absolute Gasteiger partial charge is 0.320 e. The minimum Gasteiger partial charge on any atom is -0.496 e. The van der Waals surface area contributed by atoms with Gasteiger partial charge in [0, 0.05) is 12.1 Å². The average Bonchev–Trinajstić information content (AvgIpc) is 2.43. The van der Waals surface area contributed by atoms with Gasteiger partial charge in [-0.15, -0.1) is 0 Å². The summed E-state index contributed by atoms with van der Waals surface area (Å²) in [6.45, 7) is 2.08. The maximum absolute atomic E-state index is 10.8. The Kier molecular flexibility index (Phi) is 4.02. The number of methoxy groups -OCH3 is 1. The largest absolute Gasteiger partial charge is 0.496 e. The summed E-state index contributed by atoms with van der Waals surface area (Å²) in [5.74, 6) is -0.0945. The summed E-state index contributed by atoms with van der Waals surface area (Å²) in [4.78, 5) is 10.8. The van der Waals surface area contributed by atoms with Crippen molar-refractivity contribution in [1.82, 2.24) is 5.32 Å². The van der Waals surface area contributed by atoms with E-state index in [1.807, 2.05) is 36.4 Å². The fourth-order valence-corrected chi connectivity index (χ4v) is 2.03. The summed E-state index contributed by atoms with van der Waals surface area (Å²) in [5.41, 5.74) is 0.980. The van der Waals surface area contributed by atoms with E-state index in [9.17, 15) is 4.79 Å². The molecule has 1 atom stereocenters. The molecule has 4 heteroatoms. The van der Waals surface area contributed by atoms with E-state index >= 15 is 0 Å². The van der Waals surface area contributed by atoms with Crippen LogP contribution in [0.1, 0.15) is 12.5 Å². The minimum absolute atomic E-state index is 0.456. The maximum Gasteiger partial charge on any atom is 0.320 e. The molecule has 0 amide bonds. The van der Waals surface area contributed by atoms with Crippen LogP contribution in [0.5, 0.6) is 5.75 Å². The first-order valence-electron chi connectivity index (χ1n) is 6.14. The van der Waals surface area contributed by atoms with Crippen LogP contribution in [0.2, 0.25) is 0 Å². The van der Waals surface area contributed by atoms with Gasteiger partial charge in [-0.1, -0.05) is 30.3 Å². The van der Waals surface area contributed by atoms with E-state index in [4.69, 9.17) is 9.84 Å². The van der Waals surface area contributed by atoms with Crippen LogP contribution < -0.4 is 10.1 Å². The number of hydrogen-bond acceptors (Lipinski definition) is 3. The fraction of sp³-hybridized carbons (Fsp3) is 0.267. The van der Waals surface area contributed by atoms with Gasteiger partial charge in [0.2, 0.25) is 0 Å². The Labute approximate surface area is 112 Å². The molecule has 0 bridgehead atoms. The lowest BCUT2D eigenvalue weighted by Gasteiger charge is -2.14. The lowest BCUT2D eigenvalue weighted by atomic mass is 10.0. The first-order valence-corrected chi connectivity index (χ1v) is 6.14. The normalized spacial score (nSPS) is 12.3. The highest BCUT2D eigenvalue weighted by Crippen LogP contribution is 2.27. The van der Waals surface area contributed by atoms with Crippen LogP contribution in [0.3, 0.4) is 0 Å². The Morgan fingerprint density at radius 1 is 1.32 bits per heavy atom. The molecule has 4 nitrogen and oxygen atoms in total. The number of ether oxygens (including phenoxy) is 1. The van der Waals surface area contributed by atoms with Gasteiger partial charge in [-0.2, -0.15) is 0 Å². The molecular formula is C15H17NO3. The molecule has 2 N–H and O–H groups in total. The molecule has 19 heavy (non-hydrogen) atoms. The van der Waals surface area contributed by atoms with Crippen molar-refractivity contribution in [3.8, 4) is 5.75 Å². The summed E-state index contributed by atoms with van der Waals surface area (Å²) < 4.78 is 5.36. The number of nitrogens with one attached hydrogen (secondary N) is 1. The van der Waals surface area contributed by atoms with Gasteiger partial charge in [0.25, 0.3) is 0 Å². The molecule has 0 saturated carbocycles. The number of fused-ring (bicyclic) bond motifs is 1. The van der Waals surface area contributed by atoms with Crippen LogP contribution in [0, 0.1) is 0 Å². The molecule has 0 aliphatic carbocycles. The van der Waals surface area contributed by atoms with Crippen LogP contribution >= 0.6 is 0 Å². The SMILES string of the molecule is COc1ccc2ccccc2c1CN[C@H](C)C(=O)O. The summed E-state index contributed by atoms with van der Waals surface area (Å²) in [6.07, 6.45) is 0. The number of carboxylic acid groups (broad SMARTS) is 1. The van der Waals surface area contributed by atoms with E-state index in [0.717, 1.165) is 22.1 Å². The van der Waals surface area contributed by atoms with Crippen LogP contribution in [0.25, 0.3) is 10.8 Å². The third kappa shape index (κ3) is 2.85. The van der Waals surface area contributed by atoms with Crippen molar-refractivity contribution in [2.75, 3.05) is 7.11 Å². The third-order valence-electron chi connectivity index (χ3n) is 3.17. The van der Waals surface area contributed by atoms with E-state index in [-0.39, 0.29) is 0 Å². The van der Waals surface area contributed by atoms with Crippen molar-refractivity contribution in [2.24, 2.45) is 0 Å². The Balaban J connectivity index is 2.36. The molecule has 2 aromatic rings. The zero-order valence-corrected chi connectivity index (χ0v) is 11.0. The molecule has 0 saturated heterocycles. The fourth-order valence-electron chi connectivity index (χ4n) is 2.03. The van der Waals surface area contributed by atoms with Gasteiger partial charge in [0.15, 0.2) is 0 Å². The quantitative estimate of drug-likeness (QED) is 0.865. The van der Waals surface area contributed by atoms with Crippen LogP contribution in [-0.4, -0.2) is 24.2 Å². The van der Waals surface area contributed by atoms with Gasteiger partial charge >= 0.3 is 5.97 Å². The lowest BCUT2D eigenvalue weighted by Crippen LogP contribution is -2.33. The van der Waals surface area contributed by atoms with Crippen LogP contribution in [-0.2, 0) is 11.3 Å². The second kappa shape index (κ2) is 5.71. The third-order valence-corrected chi connectivity index (χ3v) is 3.17. The topological polar surface area (TPSA) is 58.6 Å². The first-order chi connectivity index (χ1) is 9.13. The zero-order valence-electron chi connectivity index (χ0n) is 11.0. The molecule has 0 radical (unpaired) electrons. The van der Waals surface area contributed by atoms with Gasteiger partial charge in [-0.3, -0.25) is 4.79 Å². The van der Waals surface area contributed by atoms with Gasteiger partial charge < -0.3 is 15.2 Å². The van der Waals surface area contributed by atoms with E-state index in [1.165, 1.54) is 0 Å². The number of carbonyl (C=O) groups is 1. The number of hydrogen-bond donors (Lipinski definition) is 2. The van der Waals surface area contributed by atoms with Crippen molar-refractivity contribution in [2.45, 2.75) is 19.5 Å². The van der Waals surface area contributed by atoms with Crippen molar-refractivity contribution in [3.05, 3.63) is 42.0 Å². The average molecular weight is 259 g/mol. The summed E-state index contributed by atoms with van der Waals surface area (Å²) in [5, 5.41) is 14.1. The molecule has 0 heterocycles. The van der Waals surface area contributed by atoms with Crippen molar-refractivity contribution in [1.29, 1.82) is 0 Å². The molecular weight excluding hydrogens is 242 g/mol. The lowest BCUT2D eigenvalue weighted by molar-refractivity contribution is -0.139. The van der Waals surface area contributed by atoms with Gasteiger partial charge in [0.05, 0.1) is 7.11 Å². The van der Waals surface area contributed by atoms with Crippen molar-refractivity contribution in [3.63, 3.8) is 0 Å². The van der Waals surface area contributed by atoms with Gasteiger partial charge in [0.1, 0.15) is 11.8 Å². The van der Waals surface area contributed by atoms with E-state index in [1.54, 1.807) is 14.0 Å². The van der Waals surface area contributed by atoms with Crippen molar-refractivity contribution < 1.29 is 14.6 Å². The molecule has 0 aliphatic rings. The molecule has 2 rings (SSSR count). The Morgan fingerprint density at radius 2 is 2.05 bits per heavy atom. The second-order valence-electron chi connectivity index (χ2n) is 4.41. The molecule has 0 fully saturated rings. The molecule has 100 valence electrons. The highest BCUT2D eigenvalue weighted by atomic mass is 16.5.